The normalized spacial score (nSPS) is 14.5. The van der Waals surface area contributed by atoms with Crippen molar-refractivity contribution in [3.05, 3.63) is 130 Å². The highest BCUT2D eigenvalue weighted by Crippen LogP contribution is 2.55. The summed E-state index contributed by atoms with van der Waals surface area (Å²) in [7, 11) is 0. The zero-order valence-electron chi connectivity index (χ0n) is 24.1. The molecule has 0 radical (unpaired) electrons. The fraction of sp³-hybridized carbons (Fsp3) is 0.158. The minimum Gasteiger partial charge on any atom is -0.310 e. The molecule has 0 saturated carbocycles. The van der Waals surface area contributed by atoms with E-state index < -0.39 is 0 Å². The van der Waals surface area contributed by atoms with E-state index in [1.807, 2.05) is 12.1 Å². The summed E-state index contributed by atoms with van der Waals surface area (Å²) in [6.45, 7) is 9.17. The Morgan fingerprint density at radius 2 is 1.19 bits per heavy atom. The lowest BCUT2D eigenvalue weighted by atomic mass is 9.82. The summed E-state index contributed by atoms with van der Waals surface area (Å²) >= 11 is 1.65. The summed E-state index contributed by atoms with van der Waals surface area (Å²) in [6.07, 6.45) is 1.69. The smallest absolute Gasteiger partial charge is 0.131 e. The van der Waals surface area contributed by atoms with Gasteiger partial charge in [0.2, 0.25) is 0 Å². The number of thiophene rings is 1. The van der Waals surface area contributed by atoms with E-state index in [9.17, 15) is 10.5 Å². The van der Waals surface area contributed by atoms with Crippen molar-refractivity contribution in [2.24, 2.45) is 0 Å². The monoisotopic (exact) mass is 559 g/mol. The molecule has 0 N–H and O–H groups in total. The standard InChI is InChI=1S/C38H29N3S/c1-37(2)32-13-9-8-12-29(32)30-16-14-26(19-33(30)37)41(25-10-6-5-7-11-25)27-15-17-31-34(20-27)38(3,4)35-21-28(42-36(31)35)18-24(22-39)23-40/h5-21H,1-4H3. The molecule has 0 saturated heterocycles. The van der Waals surface area contributed by atoms with Crippen molar-refractivity contribution in [2.45, 2.75) is 38.5 Å². The fourth-order valence-corrected chi connectivity index (χ4v) is 8.07. The van der Waals surface area contributed by atoms with Gasteiger partial charge in [0.15, 0.2) is 0 Å². The molecule has 4 heteroatoms. The van der Waals surface area contributed by atoms with Gasteiger partial charge in [0.05, 0.1) is 0 Å². The third kappa shape index (κ3) is 3.77. The van der Waals surface area contributed by atoms with Crippen LogP contribution in [0, 0.1) is 22.7 Å². The molecular formula is C38H29N3S. The van der Waals surface area contributed by atoms with Gasteiger partial charge in [0.25, 0.3) is 0 Å². The molecule has 0 aliphatic heterocycles. The van der Waals surface area contributed by atoms with Crippen LogP contribution in [0.4, 0.5) is 17.1 Å². The van der Waals surface area contributed by atoms with E-state index in [0.29, 0.717) is 0 Å². The van der Waals surface area contributed by atoms with Gasteiger partial charge in [-0.3, -0.25) is 0 Å². The van der Waals surface area contributed by atoms with E-state index in [4.69, 9.17) is 0 Å². The molecule has 1 heterocycles. The molecule has 5 aromatic rings. The first-order valence-corrected chi connectivity index (χ1v) is 15.0. The Morgan fingerprint density at radius 3 is 1.88 bits per heavy atom. The van der Waals surface area contributed by atoms with Crippen LogP contribution in [-0.4, -0.2) is 0 Å². The first kappa shape index (κ1) is 26.0. The predicted molar refractivity (Wildman–Crippen MR) is 173 cm³/mol. The number of allylic oxidation sites excluding steroid dienone is 1. The van der Waals surface area contributed by atoms with Crippen LogP contribution in [0.5, 0.6) is 0 Å². The van der Waals surface area contributed by atoms with Crippen molar-refractivity contribution in [1.82, 2.24) is 0 Å². The number of nitriles is 2. The van der Waals surface area contributed by atoms with E-state index in [-0.39, 0.29) is 16.4 Å². The van der Waals surface area contributed by atoms with E-state index in [2.05, 4.69) is 130 Å². The van der Waals surface area contributed by atoms with Gasteiger partial charge in [-0.1, -0.05) is 82.3 Å². The van der Waals surface area contributed by atoms with Crippen LogP contribution in [0.25, 0.3) is 27.6 Å². The molecule has 0 atom stereocenters. The van der Waals surface area contributed by atoms with Gasteiger partial charge in [0.1, 0.15) is 17.7 Å². The van der Waals surface area contributed by atoms with Crippen LogP contribution in [0.1, 0.15) is 54.8 Å². The second kappa shape index (κ2) is 9.31. The molecule has 2 aliphatic rings. The van der Waals surface area contributed by atoms with Crippen molar-refractivity contribution in [1.29, 1.82) is 10.5 Å². The SMILES string of the molecule is CC1(C)c2ccccc2-c2ccc(N(c3ccccc3)c3ccc4c(c3)C(C)(C)c3cc(C=C(C#N)C#N)sc3-4)cc21. The van der Waals surface area contributed by atoms with Crippen LogP contribution < -0.4 is 4.90 Å². The number of para-hydroxylation sites is 1. The largest absolute Gasteiger partial charge is 0.310 e. The summed E-state index contributed by atoms with van der Waals surface area (Å²) in [6, 6.07) is 39.2. The lowest BCUT2D eigenvalue weighted by molar-refractivity contribution is 0.660. The molecule has 1 aromatic heterocycles. The Kier molecular flexibility index (Phi) is 5.77. The van der Waals surface area contributed by atoms with Gasteiger partial charge in [0, 0.05) is 37.6 Å². The van der Waals surface area contributed by atoms with Gasteiger partial charge >= 0.3 is 0 Å². The molecule has 4 aromatic carbocycles. The van der Waals surface area contributed by atoms with Crippen LogP contribution in [0.15, 0.2) is 103 Å². The fourth-order valence-electron chi connectivity index (χ4n) is 6.76. The molecule has 0 unspecified atom stereocenters. The quantitative estimate of drug-likeness (QED) is 0.206. The van der Waals surface area contributed by atoms with Crippen LogP contribution in [-0.2, 0) is 10.8 Å². The Labute approximate surface area is 251 Å². The molecule has 202 valence electrons. The van der Waals surface area contributed by atoms with Crippen molar-refractivity contribution < 1.29 is 0 Å². The maximum atomic E-state index is 9.25. The first-order valence-electron chi connectivity index (χ1n) is 14.1. The minimum absolute atomic E-state index is 0.0817. The molecule has 0 spiro atoms. The molecular weight excluding hydrogens is 531 g/mol. The lowest BCUT2D eigenvalue weighted by Gasteiger charge is -2.29. The maximum absolute atomic E-state index is 9.25. The number of rotatable bonds is 4. The number of fused-ring (bicyclic) bond motifs is 6. The maximum Gasteiger partial charge on any atom is 0.131 e. The predicted octanol–water partition coefficient (Wildman–Crippen LogP) is 10.3. The van der Waals surface area contributed by atoms with E-state index in [1.165, 1.54) is 43.8 Å². The van der Waals surface area contributed by atoms with Gasteiger partial charge in [-0.15, -0.1) is 11.3 Å². The summed E-state index contributed by atoms with van der Waals surface area (Å²) < 4.78 is 0. The first-order chi connectivity index (χ1) is 20.2. The number of benzene rings is 4. The highest BCUT2D eigenvalue weighted by molar-refractivity contribution is 7.16. The van der Waals surface area contributed by atoms with Crippen LogP contribution in [0.3, 0.4) is 0 Å². The Balaban J connectivity index is 1.36. The van der Waals surface area contributed by atoms with Crippen LogP contribution >= 0.6 is 11.3 Å². The lowest BCUT2D eigenvalue weighted by Crippen LogP contribution is -2.17. The zero-order chi connectivity index (χ0) is 29.2. The molecule has 3 nitrogen and oxygen atoms in total. The highest BCUT2D eigenvalue weighted by atomic mass is 32.1. The van der Waals surface area contributed by atoms with Crippen LogP contribution in [0.2, 0.25) is 0 Å². The topological polar surface area (TPSA) is 50.8 Å². The summed E-state index contributed by atoms with van der Waals surface area (Å²) in [5, 5.41) is 18.5. The number of anilines is 3. The average Bonchev–Trinajstić information content (AvgIpc) is 3.60. The average molecular weight is 560 g/mol. The van der Waals surface area contributed by atoms with Gasteiger partial charge in [-0.05, 0) is 87.5 Å². The second-order valence-electron chi connectivity index (χ2n) is 12.1. The summed E-state index contributed by atoms with van der Waals surface area (Å²) in [5.41, 5.74) is 12.3. The van der Waals surface area contributed by atoms with Gasteiger partial charge in [-0.25, -0.2) is 0 Å². The summed E-state index contributed by atoms with van der Waals surface area (Å²) in [4.78, 5) is 4.52. The number of hydrogen-bond donors (Lipinski definition) is 0. The van der Waals surface area contributed by atoms with Gasteiger partial charge in [-0.2, -0.15) is 10.5 Å². The van der Waals surface area contributed by atoms with Crippen molar-refractivity contribution in [2.75, 3.05) is 4.90 Å². The van der Waals surface area contributed by atoms with E-state index in [0.717, 1.165) is 21.9 Å². The molecule has 2 aliphatic carbocycles. The minimum atomic E-state index is -0.216. The molecule has 42 heavy (non-hydrogen) atoms. The molecule has 0 amide bonds. The van der Waals surface area contributed by atoms with Crippen molar-refractivity contribution in [3.8, 4) is 33.7 Å². The number of hydrogen-bond acceptors (Lipinski definition) is 4. The zero-order valence-corrected chi connectivity index (χ0v) is 24.9. The third-order valence-corrected chi connectivity index (χ3v) is 10.1. The Bertz CT molecular complexity index is 2000. The van der Waals surface area contributed by atoms with E-state index >= 15 is 0 Å². The Hall–Kier alpha value is -4.90. The molecule has 0 fully saturated rings. The number of nitrogens with zero attached hydrogens (tertiary/aromatic N) is 3. The molecule has 7 rings (SSSR count). The second-order valence-corrected chi connectivity index (χ2v) is 13.2. The van der Waals surface area contributed by atoms with E-state index in [1.54, 1.807) is 17.4 Å². The van der Waals surface area contributed by atoms with Crippen molar-refractivity contribution in [3.63, 3.8) is 0 Å². The van der Waals surface area contributed by atoms with Crippen molar-refractivity contribution >= 4 is 34.5 Å². The van der Waals surface area contributed by atoms with Gasteiger partial charge < -0.3 is 4.90 Å². The third-order valence-electron chi connectivity index (χ3n) is 8.97. The Morgan fingerprint density at radius 1 is 0.619 bits per heavy atom. The molecule has 0 bridgehead atoms. The summed E-state index contributed by atoms with van der Waals surface area (Å²) in [5.74, 6) is 0. The highest BCUT2D eigenvalue weighted by Gasteiger charge is 2.39.